The van der Waals surface area contributed by atoms with Crippen LogP contribution >= 0.6 is 0 Å². The number of carbonyl (C=O) groups is 1. The van der Waals surface area contributed by atoms with Crippen molar-refractivity contribution in [3.63, 3.8) is 0 Å². The molecular weight excluding hydrogens is 511 g/mol. The maximum absolute atomic E-state index is 14.5. The van der Waals surface area contributed by atoms with Gasteiger partial charge in [0, 0.05) is 79.9 Å². The third-order valence-corrected chi connectivity index (χ3v) is 8.37. The van der Waals surface area contributed by atoms with E-state index in [1.54, 1.807) is 17.2 Å². The zero-order valence-corrected chi connectivity index (χ0v) is 22.8. The van der Waals surface area contributed by atoms with Crippen molar-refractivity contribution in [2.24, 2.45) is 7.05 Å². The van der Waals surface area contributed by atoms with Gasteiger partial charge in [-0.1, -0.05) is 0 Å². The fourth-order valence-corrected chi connectivity index (χ4v) is 6.39. The van der Waals surface area contributed by atoms with Gasteiger partial charge in [-0.15, -0.1) is 0 Å². The van der Waals surface area contributed by atoms with Gasteiger partial charge in [-0.25, -0.2) is 14.2 Å². The molecule has 10 nitrogen and oxygen atoms in total. The van der Waals surface area contributed by atoms with Crippen molar-refractivity contribution in [2.45, 2.75) is 38.3 Å². The number of urea groups is 1. The van der Waals surface area contributed by atoms with Crippen molar-refractivity contribution < 1.29 is 13.9 Å². The number of fused-ring (bicyclic) bond motifs is 7. The zero-order valence-electron chi connectivity index (χ0n) is 22.8. The number of ether oxygens (including phenoxy) is 1. The summed E-state index contributed by atoms with van der Waals surface area (Å²) in [5.74, 6) is 0.382. The predicted octanol–water partition coefficient (Wildman–Crippen LogP) is 3.97. The van der Waals surface area contributed by atoms with Crippen molar-refractivity contribution in [3.05, 3.63) is 64.9 Å². The Morgan fingerprint density at radius 1 is 1.12 bits per heavy atom. The van der Waals surface area contributed by atoms with E-state index < -0.39 is 6.10 Å². The highest BCUT2D eigenvalue weighted by Gasteiger charge is 2.36. The third-order valence-electron chi connectivity index (χ3n) is 8.37. The molecule has 1 aliphatic carbocycles. The number of hydrogen-bond donors (Lipinski definition) is 1. The summed E-state index contributed by atoms with van der Waals surface area (Å²) in [5.41, 5.74) is 13.6. The molecule has 2 aliphatic heterocycles. The van der Waals surface area contributed by atoms with Crippen LogP contribution in [0.4, 0.5) is 15.0 Å². The number of pyridine rings is 1. The summed E-state index contributed by atoms with van der Waals surface area (Å²) in [5, 5.41) is 9.92. The lowest BCUT2D eigenvalue weighted by Gasteiger charge is -2.23. The summed E-state index contributed by atoms with van der Waals surface area (Å²) in [6.07, 6.45) is 5.01. The standard InChI is InChI=1S/C29H31FN8O2/c1-16-21-13-18(30)4-5-20(21)26-22(15-36(3)34-26)19-6-7-23-25(19)27(17-12-24(40-16)28(31)32-14-17)38(33-23)11-10-37-9-8-35(2)29(37)39/h4-5,12-16,19H,6-11H2,1-3H3,(H2,31,32)/t16-,19?/m1/s1. The predicted molar refractivity (Wildman–Crippen MR) is 147 cm³/mol. The topological polar surface area (TPSA) is 107 Å². The fraction of sp³-hybridized carbons (Fsp3) is 0.379. The van der Waals surface area contributed by atoms with Gasteiger partial charge in [-0.2, -0.15) is 10.2 Å². The number of aryl methyl sites for hydroxylation is 2. The number of benzene rings is 1. The largest absolute Gasteiger partial charge is 0.482 e. The second-order valence-electron chi connectivity index (χ2n) is 10.9. The molecule has 1 unspecified atom stereocenters. The summed E-state index contributed by atoms with van der Waals surface area (Å²) in [4.78, 5) is 20.6. The Hall–Kier alpha value is -4.41. The highest BCUT2D eigenvalue weighted by Crippen LogP contribution is 2.48. The van der Waals surface area contributed by atoms with E-state index in [4.69, 9.17) is 20.7 Å². The van der Waals surface area contributed by atoms with E-state index in [1.807, 2.05) is 41.3 Å². The van der Waals surface area contributed by atoms with Gasteiger partial charge >= 0.3 is 6.03 Å². The minimum absolute atomic E-state index is 0.0372. The first-order valence-corrected chi connectivity index (χ1v) is 13.6. The number of anilines is 1. The lowest BCUT2D eigenvalue weighted by atomic mass is 9.88. The number of nitrogens with zero attached hydrogens (tertiary/aromatic N) is 7. The number of nitrogens with two attached hydrogens (primary N) is 1. The number of nitrogen functional groups attached to an aromatic ring is 1. The van der Waals surface area contributed by atoms with E-state index in [-0.39, 0.29) is 23.6 Å². The summed E-state index contributed by atoms with van der Waals surface area (Å²) in [6, 6.07) is 6.70. The Balaban J connectivity index is 1.42. The molecule has 0 saturated carbocycles. The molecule has 2 atom stereocenters. The van der Waals surface area contributed by atoms with Gasteiger partial charge in [0.2, 0.25) is 0 Å². The second-order valence-corrected chi connectivity index (χ2v) is 10.9. The first kappa shape index (κ1) is 24.6. The van der Waals surface area contributed by atoms with Gasteiger partial charge in [0.15, 0.2) is 11.6 Å². The van der Waals surface area contributed by atoms with Crippen LogP contribution in [0.1, 0.15) is 47.8 Å². The van der Waals surface area contributed by atoms with Crippen molar-refractivity contribution in [1.82, 2.24) is 34.3 Å². The van der Waals surface area contributed by atoms with E-state index >= 15 is 0 Å². The number of hydrogen-bond acceptors (Lipinski definition) is 6. The first-order chi connectivity index (χ1) is 19.3. The van der Waals surface area contributed by atoms with Gasteiger partial charge in [-0.05, 0) is 44.0 Å². The van der Waals surface area contributed by atoms with Crippen molar-refractivity contribution in [2.75, 3.05) is 32.4 Å². The Morgan fingerprint density at radius 3 is 2.77 bits per heavy atom. The molecule has 2 amide bonds. The highest BCUT2D eigenvalue weighted by molar-refractivity contribution is 5.76. The fourth-order valence-electron chi connectivity index (χ4n) is 6.39. The molecule has 7 rings (SSSR count). The molecule has 4 aromatic rings. The normalized spacial score (nSPS) is 19.6. The maximum Gasteiger partial charge on any atom is 0.319 e. The smallest absolute Gasteiger partial charge is 0.319 e. The van der Waals surface area contributed by atoms with Gasteiger partial charge in [0.25, 0.3) is 0 Å². The van der Waals surface area contributed by atoms with Gasteiger partial charge in [-0.3, -0.25) is 9.36 Å². The van der Waals surface area contributed by atoms with Crippen LogP contribution in [0.25, 0.3) is 22.5 Å². The molecule has 206 valence electrons. The molecule has 3 aromatic heterocycles. The summed E-state index contributed by atoms with van der Waals surface area (Å²) in [6.45, 7) is 4.41. The van der Waals surface area contributed by atoms with Crippen LogP contribution in [0.5, 0.6) is 5.75 Å². The molecule has 0 spiro atoms. The molecule has 1 aromatic carbocycles. The van der Waals surface area contributed by atoms with E-state index in [2.05, 4.69) is 11.2 Å². The molecule has 0 radical (unpaired) electrons. The van der Waals surface area contributed by atoms with Crippen LogP contribution in [0, 0.1) is 5.82 Å². The Labute approximate surface area is 231 Å². The average Bonchev–Trinajstić information content (AvgIpc) is 3.68. The number of amides is 2. The van der Waals surface area contributed by atoms with Crippen LogP contribution in [0.3, 0.4) is 0 Å². The molecule has 11 heteroatoms. The lowest BCUT2D eigenvalue weighted by Crippen LogP contribution is -2.32. The molecule has 1 saturated heterocycles. The first-order valence-electron chi connectivity index (χ1n) is 13.6. The molecule has 1 fully saturated rings. The quantitative estimate of drug-likeness (QED) is 0.420. The van der Waals surface area contributed by atoms with Gasteiger partial charge in [0.05, 0.1) is 23.6 Å². The minimum atomic E-state index is -0.513. The van der Waals surface area contributed by atoms with Crippen molar-refractivity contribution in [1.29, 1.82) is 0 Å². The Kier molecular flexibility index (Phi) is 5.58. The van der Waals surface area contributed by atoms with E-state index in [1.165, 1.54) is 12.1 Å². The van der Waals surface area contributed by atoms with Gasteiger partial charge < -0.3 is 20.3 Å². The number of likely N-dealkylation sites (N-methyl/N-ethyl adjacent to an activating group) is 1. The van der Waals surface area contributed by atoms with Crippen molar-refractivity contribution >= 4 is 11.8 Å². The number of aromatic nitrogens is 5. The van der Waals surface area contributed by atoms with Crippen LogP contribution < -0.4 is 10.5 Å². The zero-order chi connectivity index (χ0) is 27.7. The molecule has 2 N–H and O–H groups in total. The number of rotatable bonds is 3. The third kappa shape index (κ3) is 3.82. The van der Waals surface area contributed by atoms with Crippen LogP contribution in [-0.4, -0.2) is 67.1 Å². The SMILES string of the molecule is C[C@H]1Oc2cc(cnc2N)-c2c3c(nn2CCN2CCN(C)C2=O)CCC3c2cn(C)nc2-c2ccc(F)cc21. The molecule has 5 heterocycles. The highest BCUT2D eigenvalue weighted by atomic mass is 19.1. The van der Waals surface area contributed by atoms with Crippen LogP contribution in [-0.2, 0) is 20.0 Å². The summed E-state index contributed by atoms with van der Waals surface area (Å²) >= 11 is 0. The number of carbonyl (C=O) groups excluding carboxylic acids is 1. The van der Waals surface area contributed by atoms with Gasteiger partial charge in [0.1, 0.15) is 11.9 Å². The maximum atomic E-state index is 14.5. The lowest BCUT2D eigenvalue weighted by molar-refractivity contribution is 0.196. The summed E-state index contributed by atoms with van der Waals surface area (Å²) < 4.78 is 24.7. The molecule has 3 aliphatic rings. The monoisotopic (exact) mass is 542 g/mol. The molecule has 2 bridgehead atoms. The summed E-state index contributed by atoms with van der Waals surface area (Å²) in [7, 11) is 3.73. The minimum Gasteiger partial charge on any atom is -0.482 e. The average molecular weight is 543 g/mol. The van der Waals surface area contributed by atoms with E-state index in [0.29, 0.717) is 30.9 Å². The van der Waals surface area contributed by atoms with E-state index in [9.17, 15) is 9.18 Å². The Morgan fingerprint density at radius 2 is 1.98 bits per heavy atom. The molecule has 40 heavy (non-hydrogen) atoms. The van der Waals surface area contributed by atoms with Crippen molar-refractivity contribution in [3.8, 4) is 28.3 Å². The second kappa shape index (κ2) is 9.07. The number of halogens is 1. The van der Waals surface area contributed by atoms with E-state index in [0.717, 1.165) is 58.7 Å². The van der Waals surface area contributed by atoms with Crippen LogP contribution in [0.15, 0.2) is 36.7 Å². The Bertz CT molecular complexity index is 1660. The molecular formula is C29H31FN8O2. The van der Waals surface area contributed by atoms with Crippen LogP contribution in [0.2, 0.25) is 0 Å².